The molecule has 0 saturated heterocycles. The Kier molecular flexibility index (Phi) is 19.9. The molecule has 12 N–H and O–H groups in total. The van der Waals surface area contributed by atoms with Gasteiger partial charge in [-0.2, -0.15) is 0 Å². The van der Waals surface area contributed by atoms with Gasteiger partial charge in [-0.05, 0) is 113 Å². The number of aliphatic hydroxyl groups excluding tert-OH is 1. The van der Waals surface area contributed by atoms with Crippen LogP contribution in [0.1, 0.15) is 72.1 Å². The molecule has 0 aromatic rings. The first kappa shape index (κ1) is 31.7. The van der Waals surface area contributed by atoms with Crippen LogP contribution in [0.25, 0.3) is 0 Å². The molecule has 0 rings (SSSR count). The number of hydrogen-bond donors (Lipinski definition) is 7. The van der Waals surface area contributed by atoms with E-state index in [4.69, 9.17) is 28.7 Å². The van der Waals surface area contributed by atoms with Crippen LogP contribution in [-0.4, -0.2) is 57.0 Å². The molecule has 0 heterocycles. The maximum atomic E-state index is 9.95. The monoisotopic (exact) mass is 458 g/mol. The highest BCUT2D eigenvalue weighted by atomic mass is 16.3. The van der Waals surface area contributed by atoms with Gasteiger partial charge in [-0.1, -0.05) is 33.6 Å². The fraction of sp³-hybridized carbons (Fsp3) is 1.00. The molecule has 0 aromatic heterocycles. The Bertz CT molecular complexity index is 406. The summed E-state index contributed by atoms with van der Waals surface area (Å²) in [4.78, 5) is 0. The summed E-state index contributed by atoms with van der Waals surface area (Å²) in [5.74, 6) is 2.94. The Morgan fingerprint density at radius 1 is 0.500 bits per heavy atom. The number of nitrogens with one attached hydrogen (secondary N) is 1. The Balaban J connectivity index is 5.13. The van der Waals surface area contributed by atoms with Crippen molar-refractivity contribution in [2.24, 2.45) is 64.2 Å². The van der Waals surface area contributed by atoms with Crippen molar-refractivity contribution in [3.63, 3.8) is 0 Å². The third kappa shape index (κ3) is 14.1. The maximum absolute atomic E-state index is 9.95. The molecule has 0 radical (unpaired) electrons. The molecule has 32 heavy (non-hydrogen) atoms. The van der Waals surface area contributed by atoms with E-state index in [-0.39, 0.29) is 6.10 Å². The molecule has 7 unspecified atom stereocenters. The van der Waals surface area contributed by atoms with Crippen LogP contribution < -0.4 is 34.0 Å². The molecule has 0 aliphatic heterocycles. The number of hydrogen-bond acceptors (Lipinski definition) is 7. The van der Waals surface area contributed by atoms with Gasteiger partial charge in [-0.25, -0.2) is 0 Å². The average molecular weight is 459 g/mol. The standard InChI is InChI=1S/C25H58N6O/c1-4-19(12-26)7-21(14-28)9-23(16-30)11-24(17-31-18-25(32)6-3)10-22(15-29)8-20(5-2)13-27/h19-25,31-32H,4-18,26-30H2,1-3H3. The first-order valence-electron chi connectivity index (χ1n) is 13.3. The van der Waals surface area contributed by atoms with Gasteiger partial charge in [0.2, 0.25) is 0 Å². The summed E-state index contributed by atoms with van der Waals surface area (Å²) < 4.78 is 0. The van der Waals surface area contributed by atoms with E-state index in [1.807, 2.05) is 6.92 Å². The van der Waals surface area contributed by atoms with E-state index >= 15 is 0 Å². The number of rotatable bonds is 22. The van der Waals surface area contributed by atoms with E-state index in [2.05, 4.69) is 19.2 Å². The minimum absolute atomic E-state index is 0.295. The molecular weight excluding hydrogens is 400 g/mol. The van der Waals surface area contributed by atoms with Gasteiger partial charge < -0.3 is 39.1 Å². The molecule has 0 aliphatic carbocycles. The lowest BCUT2D eigenvalue weighted by atomic mass is 9.79. The second-order valence-electron chi connectivity index (χ2n) is 10.1. The van der Waals surface area contributed by atoms with Crippen LogP contribution >= 0.6 is 0 Å². The molecule has 0 spiro atoms. The summed E-state index contributed by atoms with van der Waals surface area (Å²) in [6.45, 7) is 11.5. The molecule has 194 valence electrons. The molecule has 0 aromatic carbocycles. The molecule has 0 bridgehead atoms. The van der Waals surface area contributed by atoms with Crippen LogP contribution in [0.15, 0.2) is 0 Å². The molecule has 0 aliphatic rings. The summed E-state index contributed by atoms with van der Waals surface area (Å²) in [6, 6.07) is 0. The molecule has 0 fully saturated rings. The minimum atomic E-state index is -0.295. The van der Waals surface area contributed by atoms with Gasteiger partial charge in [0.1, 0.15) is 0 Å². The third-order valence-corrected chi connectivity index (χ3v) is 7.44. The van der Waals surface area contributed by atoms with Gasteiger partial charge in [0.25, 0.3) is 0 Å². The highest BCUT2D eigenvalue weighted by Crippen LogP contribution is 2.29. The molecular formula is C25H58N6O. The van der Waals surface area contributed by atoms with Crippen LogP contribution in [0.3, 0.4) is 0 Å². The smallest absolute Gasteiger partial charge is 0.0662 e. The van der Waals surface area contributed by atoms with E-state index in [0.29, 0.717) is 61.7 Å². The zero-order valence-corrected chi connectivity index (χ0v) is 21.5. The lowest BCUT2D eigenvalue weighted by Gasteiger charge is -2.30. The number of nitrogens with two attached hydrogens (primary N) is 5. The van der Waals surface area contributed by atoms with E-state index in [1.54, 1.807) is 0 Å². The van der Waals surface area contributed by atoms with Crippen LogP contribution in [-0.2, 0) is 0 Å². The Morgan fingerprint density at radius 3 is 1.16 bits per heavy atom. The van der Waals surface area contributed by atoms with E-state index in [0.717, 1.165) is 71.0 Å². The Morgan fingerprint density at radius 2 is 0.844 bits per heavy atom. The quantitative estimate of drug-likeness (QED) is 0.130. The van der Waals surface area contributed by atoms with Crippen molar-refractivity contribution in [2.45, 2.75) is 78.2 Å². The number of aliphatic hydroxyl groups is 1. The van der Waals surface area contributed by atoms with E-state index in [1.165, 1.54) is 0 Å². The van der Waals surface area contributed by atoms with Crippen molar-refractivity contribution in [3.8, 4) is 0 Å². The van der Waals surface area contributed by atoms with Crippen molar-refractivity contribution in [1.29, 1.82) is 0 Å². The van der Waals surface area contributed by atoms with E-state index in [9.17, 15) is 5.11 Å². The van der Waals surface area contributed by atoms with Crippen LogP contribution in [0.2, 0.25) is 0 Å². The molecule has 7 nitrogen and oxygen atoms in total. The second-order valence-corrected chi connectivity index (χ2v) is 10.1. The lowest BCUT2D eigenvalue weighted by Crippen LogP contribution is -2.35. The summed E-state index contributed by atoms with van der Waals surface area (Å²) in [5.41, 5.74) is 30.4. The molecule has 7 heteroatoms. The summed E-state index contributed by atoms with van der Waals surface area (Å²) in [7, 11) is 0. The van der Waals surface area contributed by atoms with E-state index < -0.39 is 0 Å². The summed E-state index contributed by atoms with van der Waals surface area (Å²) in [5, 5.41) is 13.4. The van der Waals surface area contributed by atoms with Gasteiger partial charge in [-0.3, -0.25) is 0 Å². The summed E-state index contributed by atoms with van der Waals surface area (Å²) >= 11 is 0. The van der Waals surface area contributed by atoms with Crippen molar-refractivity contribution in [1.82, 2.24) is 5.32 Å². The maximum Gasteiger partial charge on any atom is 0.0662 e. The van der Waals surface area contributed by atoms with Gasteiger partial charge in [0.15, 0.2) is 0 Å². The SMILES string of the molecule is CCC(O)CNCC(CC(CN)CC(CC)CN)CC(CN)CC(CN)CC(CC)CN. The predicted molar refractivity (Wildman–Crippen MR) is 139 cm³/mol. The first-order chi connectivity index (χ1) is 15.4. The minimum Gasteiger partial charge on any atom is -0.392 e. The Hall–Kier alpha value is -0.280. The molecule has 0 saturated carbocycles. The fourth-order valence-electron chi connectivity index (χ4n) is 4.94. The first-order valence-corrected chi connectivity index (χ1v) is 13.3. The fourth-order valence-corrected chi connectivity index (χ4v) is 4.94. The van der Waals surface area contributed by atoms with Crippen molar-refractivity contribution < 1.29 is 5.11 Å². The highest BCUT2D eigenvalue weighted by molar-refractivity contribution is 4.79. The Labute approximate surface area is 199 Å². The van der Waals surface area contributed by atoms with Gasteiger partial charge in [-0.15, -0.1) is 0 Å². The zero-order chi connectivity index (χ0) is 24.4. The predicted octanol–water partition coefficient (Wildman–Crippen LogP) is 1.61. The normalized spacial score (nSPS) is 18.7. The van der Waals surface area contributed by atoms with Crippen LogP contribution in [0, 0.1) is 35.5 Å². The largest absolute Gasteiger partial charge is 0.392 e. The van der Waals surface area contributed by atoms with Crippen LogP contribution in [0.5, 0.6) is 0 Å². The summed E-state index contributed by atoms with van der Waals surface area (Å²) in [6.07, 6.45) is 8.05. The average Bonchev–Trinajstić information content (AvgIpc) is 2.82. The third-order valence-electron chi connectivity index (χ3n) is 7.44. The lowest BCUT2D eigenvalue weighted by molar-refractivity contribution is 0.161. The van der Waals surface area contributed by atoms with Crippen molar-refractivity contribution in [3.05, 3.63) is 0 Å². The second kappa shape index (κ2) is 20.1. The van der Waals surface area contributed by atoms with Gasteiger partial charge in [0, 0.05) is 6.54 Å². The van der Waals surface area contributed by atoms with Crippen molar-refractivity contribution >= 4 is 0 Å². The van der Waals surface area contributed by atoms with Crippen molar-refractivity contribution in [2.75, 3.05) is 45.8 Å². The van der Waals surface area contributed by atoms with Gasteiger partial charge >= 0.3 is 0 Å². The van der Waals surface area contributed by atoms with Gasteiger partial charge in [0.05, 0.1) is 6.10 Å². The highest BCUT2D eigenvalue weighted by Gasteiger charge is 2.24. The topological polar surface area (TPSA) is 162 Å². The molecule has 7 atom stereocenters. The zero-order valence-electron chi connectivity index (χ0n) is 21.5. The molecule has 0 amide bonds. The van der Waals surface area contributed by atoms with Crippen LogP contribution in [0.4, 0.5) is 0 Å².